The lowest BCUT2D eigenvalue weighted by Crippen LogP contribution is -2.10. The van der Waals surface area contributed by atoms with Gasteiger partial charge in [-0.05, 0) is 76.0 Å². The van der Waals surface area contributed by atoms with E-state index in [1.807, 2.05) is 13.8 Å². The first-order valence-corrected chi connectivity index (χ1v) is 11.5. The number of nitrogens with one attached hydrogen (secondary N) is 1. The van der Waals surface area contributed by atoms with E-state index in [0.29, 0.717) is 13.0 Å². The zero-order valence-corrected chi connectivity index (χ0v) is 18.8. The molecular formula is C25H34N4O2. The number of hydrogen-bond acceptors (Lipinski definition) is 6. The molecule has 0 fully saturated rings. The number of aryl methyl sites for hydroxylation is 3. The second kappa shape index (κ2) is 12.2. The molecule has 6 nitrogen and oxygen atoms in total. The van der Waals surface area contributed by atoms with E-state index in [-0.39, 0.29) is 11.9 Å². The monoisotopic (exact) mass is 422 g/mol. The van der Waals surface area contributed by atoms with Gasteiger partial charge >= 0.3 is 5.97 Å². The van der Waals surface area contributed by atoms with E-state index >= 15 is 0 Å². The Hall–Kier alpha value is -2.76. The van der Waals surface area contributed by atoms with Gasteiger partial charge in [0.1, 0.15) is 11.6 Å². The summed E-state index contributed by atoms with van der Waals surface area (Å²) in [7, 11) is 0. The minimum absolute atomic E-state index is 0.0584. The summed E-state index contributed by atoms with van der Waals surface area (Å²) < 4.78 is 5.13. The van der Waals surface area contributed by atoms with Crippen molar-refractivity contribution in [2.45, 2.75) is 71.1 Å². The van der Waals surface area contributed by atoms with Crippen molar-refractivity contribution < 1.29 is 9.53 Å². The Morgan fingerprint density at radius 1 is 1.23 bits per heavy atom. The summed E-state index contributed by atoms with van der Waals surface area (Å²) in [5.74, 6) is 1.55. The van der Waals surface area contributed by atoms with Crippen LogP contribution >= 0.6 is 0 Å². The van der Waals surface area contributed by atoms with Crippen LogP contribution in [-0.4, -0.2) is 34.1 Å². The molecule has 166 valence electrons. The molecule has 0 saturated carbocycles. The first-order chi connectivity index (χ1) is 15.2. The third-order valence-electron chi connectivity index (χ3n) is 5.54. The van der Waals surface area contributed by atoms with Crippen molar-refractivity contribution in [3.63, 3.8) is 0 Å². The molecule has 0 aliphatic carbocycles. The van der Waals surface area contributed by atoms with Crippen LogP contribution in [0.5, 0.6) is 0 Å². The fraction of sp³-hybridized carbons (Fsp3) is 0.520. The number of esters is 1. The van der Waals surface area contributed by atoms with Crippen molar-refractivity contribution in [2.24, 2.45) is 0 Å². The maximum absolute atomic E-state index is 12.0. The lowest BCUT2D eigenvalue weighted by Gasteiger charge is -2.12. The predicted molar refractivity (Wildman–Crippen MR) is 123 cm³/mol. The molecule has 1 aliphatic heterocycles. The second-order valence-corrected chi connectivity index (χ2v) is 8.05. The first kappa shape index (κ1) is 22.9. The molecule has 31 heavy (non-hydrogen) atoms. The second-order valence-electron chi connectivity index (χ2n) is 8.05. The maximum atomic E-state index is 12.0. The molecular weight excluding hydrogens is 388 g/mol. The van der Waals surface area contributed by atoms with Gasteiger partial charge in [0.2, 0.25) is 0 Å². The number of ether oxygens (including phenoxy) is 1. The van der Waals surface area contributed by atoms with E-state index in [9.17, 15) is 4.79 Å². The van der Waals surface area contributed by atoms with Crippen LogP contribution in [-0.2, 0) is 22.4 Å². The summed E-state index contributed by atoms with van der Waals surface area (Å²) in [4.78, 5) is 25.4. The van der Waals surface area contributed by atoms with E-state index < -0.39 is 0 Å². The average molecular weight is 423 g/mol. The van der Waals surface area contributed by atoms with Crippen LogP contribution in [0.4, 0.5) is 5.82 Å². The normalized spacial score (nSPS) is 14.5. The quantitative estimate of drug-likeness (QED) is 0.332. The third-order valence-corrected chi connectivity index (χ3v) is 5.54. The number of carbonyl (C=O) groups excluding carboxylic acids is 1. The molecule has 1 N–H and O–H groups in total. The molecule has 3 heterocycles. The predicted octanol–water partition coefficient (Wildman–Crippen LogP) is 4.93. The van der Waals surface area contributed by atoms with E-state index in [4.69, 9.17) is 9.72 Å². The molecule has 0 spiro atoms. The van der Waals surface area contributed by atoms with Crippen molar-refractivity contribution >= 4 is 11.8 Å². The minimum Gasteiger partial charge on any atom is -0.466 e. The molecule has 6 heteroatoms. The maximum Gasteiger partial charge on any atom is 0.306 e. The van der Waals surface area contributed by atoms with Crippen LogP contribution in [0.3, 0.4) is 0 Å². The lowest BCUT2D eigenvalue weighted by atomic mass is 9.97. The highest BCUT2D eigenvalue weighted by Gasteiger charge is 2.15. The fourth-order valence-electron chi connectivity index (χ4n) is 3.79. The van der Waals surface area contributed by atoms with E-state index in [0.717, 1.165) is 61.5 Å². The highest BCUT2D eigenvalue weighted by atomic mass is 16.5. The van der Waals surface area contributed by atoms with Crippen LogP contribution in [0.1, 0.15) is 74.0 Å². The summed E-state index contributed by atoms with van der Waals surface area (Å²) in [6.45, 7) is 5.10. The summed E-state index contributed by atoms with van der Waals surface area (Å²) >= 11 is 0. The smallest absolute Gasteiger partial charge is 0.306 e. The largest absolute Gasteiger partial charge is 0.466 e. The van der Waals surface area contributed by atoms with Gasteiger partial charge in [0.15, 0.2) is 0 Å². The van der Waals surface area contributed by atoms with Crippen molar-refractivity contribution in [1.82, 2.24) is 15.0 Å². The van der Waals surface area contributed by atoms with Gasteiger partial charge in [-0.1, -0.05) is 18.2 Å². The number of hydrogen-bond donors (Lipinski definition) is 1. The number of carbonyl (C=O) groups is 1. The van der Waals surface area contributed by atoms with Gasteiger partial charge in [0.05, 0.1) is 13.0 Å². The van der Waals surface area contributed by atoms with Gasteiger partial charge in [-0.25, -0.2) is 15.0 Å². The Labute approximate surface area is 185 Å². The van der Waals surface area contributed by atoms with Gasteiger partial charge in [0.25, 0.3) is 0 Å². The molecule has 0 amide bonds. The van der Waals surface area contributed by atoms with Crippen molar-refractivity contribution in [3.8, 4) is 0 Å². The number of aromatic nitrogens is 3. The summed E-state index contributed by atoms with van der Waals surface area (Å²) in [5, 5.41) is 3.46. The highest BCUT2D eigenvalue weighted by molar-refractivity contribution is 5.71. The molecule has 2 aromatic heterocycles. The van der Waals surface area contributed by atoms with Gasteiger partial charge in [-0.2, -0.15) is 0 Å². The minimum atomic E-state index is -0.194. The van der Waals surface area contributed by atoms with Crippen LogP contribution in [0.2, 0.25) is 0 Å². The van der Waals surface area contributed by atoms with Crippen LogP contribution in [0.25, 0.3) is 0 Å². The molecule has 0 aromatic carbocycles. The van der Waals surface area contributed by atoms with E-state index in [2.05, 4.69) is 39.6 Å². The zero-order valence-electron chi connectivity index (χ0n) is 18.8. The highest BCUT2D eigenvalue weighted by Crippen LogP contribution is 2.22. The topological polar surface area (TPSA) is 77.0 Å². The number of fused-ring (bicyclic) bond motifs is 1. The zero-order chi connectivity index (χ0) is 21.9. The summed E-state index contributed by atoms with van der Waals surface area (Å²) in [5.41, 5.74) is 3.45. The Kier molecular flexibility index (Phi) is 9.00. The lowest BCUT2D eigenvalue weighted by molar-refractivity contribution is -0.143. The fourth-order valence-corrected chi connectivity index (χ4v) is 3.79. The van der Waals surface area contributed by atoms with E-state index in [1.165, 1.54) is 18.4 Å². The number of anilines is 1. The number of unbranched alkanes of at least 4 members (excludes halogenated alkanes) is 2. The standard InChI is InChI=1S/C25H34N4O2/c1-3-31-24(30)16-21(22-17-27-19(2)28-18-22)11-6-4-5-7-12-23-14-13-20-10-8-9-15-26-25(20)29-23/h6,11,13-14,17-18,21H,3-5,7-10,12,15-16H2,1-2H3,(H,26,29)/b11-6+/t21-/m0/s1. The molecule has 0 unspecified atom stereocenters. The van der Waals surface area contributed by atoms with Crippen LogP contribution < -0.4 is 5.32 Å². The van der Waals surface area contributed by atoms with Gasteiger partial charge < -0.3 is 10.1 Å². The van der Waals surface area contributed by atoms with Crippen molar-refractivity contribution in [2.75, 3.05) is 18.5 Å². The number of nitrogens with zero attached hydrogens (tertiary/aromatic N) is 3. The van der Waals surface area contributed by atoms with E-state index in [1.54, 1.807) is 12.4 Å². The third kappa shape index (κ3) is 7.46. The number of allylic oxidation sites excluding steroid dienone is 2. The molecule has 1 aliphatic rings. The molecule has 0 bridgehead atoms. The number of rotatable bonds is 10. The Morgan fingerprint density at radius 2 is 2.06 bits per heavy atom. The van der Waals surface area contributed by atoms with Crippen LogP contribution in [0.15, 0.2) is 36.7 Å². The van der Waals surface area contributed by atoms with Crippen molar-refractivity contribution in [3.05, 3.63) is 59.3 Å². The average Bonchev–Trinajstić information content (AvgIpc) is 3.01. The van der Waals surface area contributed by atoms with Crippen LogP contribution in [0, 0.1) is 6.92 Å². The molecule has 0 saturated heterocycles. The summed E-state index contributed by atoms with van der Waals surface area (Å²) in [6, 6.07) is 4.41. The molecule has 1 atom stereocenters. The molecule has 3 rings (SSSR count). The van der Waals surface area contributed by atoms with Gasteiger partial charge in [-0.15, -0.1) is 0 Å². The molecule has 0 radical (unpaired) electrons. The Bertz CT molecular complexity index is 864. The Balaban J connectivity index is 1.48. The Morgan fingerprint density at radius 3 is 2.87 bits per heavy atom. The number of pyridine rings is 1. The van der Waals surface area contributed by atoms with Gasteiger partial charge in [0, 0.05) is 30.6 Å². The SMILES string of the molecule is CCOC(=O)C[C@H](/C=C/CCCCc1ccc2c(n1)NCCCC2)c1cnc(C)nc1. The van der Waals surface area contributed by atoms with Gasteiger partial charge in [-0.3, -0.25) is 4.79 Å². The molecule has 2 aromatic rings. The first-order valence-electron chi connectivity index (χ1n) is 11.5. The summed E-state index contributed by atoms with van der Waals surface area (Å²) in [6.07, 6.45) is 15.9. The van der Waals surface area contributed by atoms with Crippen molar-refractivity contribution in [1.29, 1.82) is 0 Å².